The maximum absolute atomic E-state index is 9.10. The molecule has 10 aromatic rings. The highest BCUT2D eigenvalue weighted by atomic mass is 16.5. The Labute approximate surface area is 344 Å². The summed E-state index contributed by atoms with van der Waals surface area (Å²) in [5.41, 5.74) is 0.682. The molecule has 0 bridgehead atoms. The van der Waals surface area contributed by atoms with Crippen molar-refractivity contribution in [3.8, 4) is 50.9 Å². The smallest absolute Gasteiger partial charge is 0.269 e. The van der Waals surface area contributed by atoms with Crippen molar-refractivity contribution < 1.29 is 34.0 Å². The fourth-order valence-electron chi connectivity index (χ4n) is 6.91. The van der Waals surface area contributed by atoms with Crippen molar-refractivity contribution in [3.63, 3.8) is 0 Å². The lowest BCUT2D eigenvalue weighted by atomic mass is 9.95. The Morgan fingerprint density at radius 2 is 1.31 bits per heavy atom. The number of fused-ring (bicyclic) bond motifs is 4. The number of nitrogens with zero attached hydrogens (tertiary/aromatic N) is 4. The molecule has 3 heterocycles. The van der Waals surface area contributed by atoms with Gasteiger partial charge in [-0.1, -0.05) is 127 Å². The molecule has 3 aromatic heterocycles. The summed E-state index contributed by atoms with van der Waals surface area (Å²) in [7, 11) is 0. The highest BCUT2D eigenvalue weighted by Crippen LogP contribution is 2.37. The normalized spacial score (nSPS) is 16.6. The van der Waals surface area contributed by atoms with Gasteiger partial charge in [-0.25, -0.2) is 4.98 Å². The van der Waals surface area contributed by atoms with Gasteiger partial charge in [0.2, 0.25) is 0 Å². The molecule has 0 fully saturated rings. The summed E-state index contributed by atoms with van der Waals surface area (Å²) in [4.78, 5) is 4.25. The molecule has 0 aliphatic rings. The van der Waals surface area contributed by atoms with Gasteiger partial charge >= 0.3 is 0 Å². The van der Waals surface area contributed by atoms with E-state index in [9.17, 15) is 0 Å². The molecule has 0 spiro atoms. The summed E-state index contributed by atoms with van der Waals surface area (Å²) >= 11 is 0. The maximum atomic E-state index is 9.10. The first-order valence-electron chi connectivity index (χ1n) is 26.1. The number of pyridine rings is 1. The molecule has 0 atom stereocenters. The zero-order valence-electron chi connectivity index (χ0n) is 46.6. The number of benzene rings is 7. The van der Waals surface area contributed by atoms with Crippen LogP contribution >= 0.6 is 0 Å². The second kappa shape index (κ2) is 13.3. The Kier molecular flexibility index (Phi) is 4.52. The van der Waals surface area contributed by atoms with Gasteiger partial charge < -0.3 is 4.74 Å². The molecule has 0 aliphatic carbocycles. The Balaban J connectivity index is 1.15. The van der Waals surface area contributed by atoms with Crippen LogP contribution in [0.2, 0.25) is 0 Å². The molecule has 262 valence electrons. The van der Waals surface area contributed by atoms with Gasteiger partial charge in [-0.05, 0) is 89.5 Å². The van der Waals surface area contributed by atoms with Crippen LogP contribution in [0.5, 0.6) is 11.5 Å². The van der Waals surface area contributed by atoms with Gasteiger partial charge in [-0.15, -0.1) is 0 Å². The second-order valence-corrected chi connectivity index (χ2v) is 12.5. The maximum Gasteiger partial charge on any atom is 0.269 e. The second-order valence-electron chi connectivity index (χ2n) is 12.5. The van der Waals surface area contributed by atoms with Gasteiger partial charge in [0.15, 0.2) is 0 Å². The molecule has 0 saturated carbocycles. The van der Waals surface area contributed by atoms with E-state index in [1.54, 1.807) is 94.1 Å². The van der Waals surface area contributed by atoms with Crippen molar-refractivity contribution in [1.29, 1.82) is 0 Å². The average molecular weight is 727 g/mol. The molecule has 0 amide bonds. The zero-order valence-corrected chi connectivity index (χ0v) is 28.6. The Morgan fingerprint density at radius 1 is 0.636 bits per heavy atom. The van der Waals surface area contributed by atoms with E-state index in [4.69, 9.17) is 29.4 Å². The molecule has 55 heavy (non-hydrogen) atoms. The van der Waals surface area contributed by atoms with Crippen molar-refractivity contribution >= 4 is 32.8 Å². The van der Waals surface area contributed by atoms with Crippen LogP contribution in [0.25, 0.3) is 72.3 Å². The molecule has 0 aliphatic heterocycles. The number of imidazole rings is 1. The van der Waals surface area contributed by atoms with E-state index in [0.717, 1.165) is 0 Å². The van der Waals surface area contributed by atoms with Gasteiger partial charge in [0, 0.05) is 31.2 Å². The van der Waals surface area contributed by atoms with Crippen LogP contribution in [-0.2, 0) is 0 Å². The lowest BCUT2D eigenvalue weighted by molar-refractivity contribution is -0.571. The molecule has 0 saturated heterocycles. The Morgan fingerprint density at radius 3 is 2.07 bits per heavy atom. The zero-order chi connectivity index (χ0) is 52.3. The van der Waals surface area contributed by atoms with Crippen molar-refractivity contribution in [2.75, 3.05) is 0 Å². The monoisotopic (exact) mass is 726 g/mol. The van der Waals surface area contributed by atoms with Crippen LogP contribution in [-0.4, -0.2) is 14.1 Å². The number of ether oxygens (including phenoxy) is 1. The van der Waals surface area contributed by atoms with Crippen molar-refractivity contribution in [2.24, 2.45) is 0 Å². The third-order valence-electron chi connectivity index (χ3n) is 9.29. The van der Waals surface area contributed by atoms with Crippen molar-refractivity contribution in [1.82, 2.24) is 14.1 Å². The van der Waals surface area contributed by atoms with Gasteiger partial charge in [0.1, 0.15) is 17.3 Å². The first-order valence-corrected chi connectivity index (χ1v) is 17.1. The van der Waals surface area contributed by atoms with Gasteiger partial charge in [-0.2, -0.15) is 0 Å². The Hall–Kier alpha value is -7.24. The summed E-state index contributed by atoms with van der Waals surface area (Å²) in [6.45, 7) is -6.12. The van der Waals surface area contributed by atoms with Crippen LogP contribution in [0.15, 0.2) is 182 Å². The quantitative estimate of drug-likeness (QED) is 0.121. The fraction of sp³-hybridized carbons (Fsp3) is 0.0400. The summed E-state index contributed by atoms with van der Waals surface area (Å²) in [6.07, 6.45) is 2.55. The van der Waals surface area contributed by atoms with Crippen LogP contribution in [0.1, 0.15) is 35.8 Å². The standard InChI is InChI=1S/C50H36N4O/c1-34-29-49(51-32-35(34)2)54-45-24-10-9-21-43(45)44-28-27-40(31-48(44)54)55-39-20-13-19-38(30-39)52-33-53(47-26-12-11-25-46(47)52)50-41(36-15-5-3-6-16-36)22-14-23-42(50)37-17-7-4-8-18-37/h3-32H,1-2H3/i1D3,2D3,3D,4D,5D,6D,7D,8D,15D,16D,17D,18D,29D,32D. The first-order chi connectivity index (χ1) is 34.5. The minimum Gasteiger partial charge on any atom is -0.458 e. The third kappa shape index (κ3) is 5.65. The van der Waals surface area contributed by atoms with Crippen LogP contribution in [0.4, 0.5) is 0 Å². The molecule has 10 rings (SSSR count). The van der Waals surface area contributed by atoms with Gasteiger partial charge in [0.05, 0.1) is 49.9 Å². The third-order valence-corrected chi connectivity index (χ3v) is 9.29. The number of aromatic nitrogens is 4. The van der Waals surface area contributed by atoms with E-state index in [0.29, 0.717) is 44.3 Å². The highest BCUT2D eigenvalue weighted by Gasteiger charge is 2.20. The predicted molar refractivity (Wildman–Crippen MR) is 223 cm³/mol. The summed E-state index contributed by atoms with van der Waals surface area (Å²) < 4.78 is 164. The largest absolute Gasteiger partial charge is 0.458 e. The minimum atomic E-state index is -3.07. The van der Waals surface area contributed by atoms with Gasteiger partial charge in [-0.3, -0.25) is 13.7 Å². The molecule has 0 unspecified atom stereocenters. The average Bonchev–Trinajstić information content (AvgIpc) is 3.90. The lowest BCUT2D eigenvalue weighted by Crippen LogP contribution is -2.31. The summed E-state index contributed by atoms with van der Waals surface area (Å²) in [6, 6.07) is 24.4. The molecule has 0 N–H and O–H groups in total. The van der Waals surface area contributed by atoms with E-state index >= 15 is 0 Å². The SMILES string of the molecule is [2H]c1nc(-n2c3ccccc3c3ccc(Oc4cccc(-n5[c-][n+](-c6c(-c7c([2H])c([2H])c([2H])c([2H])c7[2H])cccc6-c6c([2H])c([2H])c([2H])c([2H])c6[2H])c6ccccc65)c4)cc32)c([2H])c(C([2H])([2H])[2H])c1C([2H])([2H])[2H]. The van der Waals surface area contributed by atoms with Crippen LogP contribution in [0.3, 0.4) is 0 Å². The van der Waals surface area contributed by atoms with E-state index in [1.165, 1.54) is 22.8 Å². The predicted octanol–water partition coefficient (Wildman–Crippen LogP) is 11.9. The number of hydrogen-bond donors (Lipinski definition) is 0. The van der Waals surface area contributed by atoms with Crippen LogP contribution < -0.4 is 9.30 Å². The van der Waals surface area contributed by atoms with E-state index in [1.807, 2.05) is 6.07 Å². The van der Waals surface area contributed by atoms with E-state index in [2.05, 4.69) is 11.3 Å². The molecule has 5 nitrogen and oxygen atoms in total. The highest BCUT2D eigenvalue weighted by molar-refractivity contribution is 6.09. The molecule has 5 heteroatoms. The summed E-state index contributed by atoms with van der Waals surface area (Å²) in [5, 5.41) is 1.35. The summed E-state index contributed by atoms with van der Waals surface area (Å²) in [5.74, 6) is 0.338. The molecule has 7 aromatic carbocycles. The van der Waals surface area contributed by atoms with E-state index in [-0.39, 0.29) is 39.5 Å². The van der Waals surface area contributed by atoms with Gasteiger partial charge in [0.25, 0.3) is 6.33 Å². The Bertz CT molecular complexity index is 3830. The van der Waals surface area contributed by atoms with Crippen molar-refractivity contribution in [2.45, 2.75) is 13.7 Å². The number of para-hydroxylation sites is 4. The topological polar surface area (TPSA) is 35.9 Å². The molecular formula is C50H36N4O. The molecular weight excluding hydrogens is 673 g/mol. The molecule has 0 radical (unpaired) electrons. The van der Waals surface area contributed by atoms with Crippen LogP contribution in [0, 0.1) is 20.0 Å². The minimum absolute atomic E-state index is 0.0879. The fourth-order valence-corrected chi connectivity index (χ4v) is 6.91. The first kappa shape index (κ1) is 18.7. The number of rotatable bonds is 7. The lowest BCUT2D eigenvalue weighted by Gasteiger charge is -2.17. The van der Waals surface area contributed by atoms with Crippen molar-refractivity contribution in [3.05, 3.63) is 199 Å². The van der Waals surface area contributed by atoms with E-state index < -0.39 is 97.5 Å². The number of hydrogen-bond acceptors (Lipinski definition) is 2.